The van der Waals surface area contributed by atoms with Crippen molar-refractivity contribution < 1.29 is 23.9 Å². The Morgan fingerprint density at radius 2 is 2.11 bits per heavy atom. The lowest BCUT2D eigenvalue weighted by Crippen LogP contribution is -2.38. The van der Waals surface area contributed by atoms with Crippen molar-refractivity contribution in [2.45, 2.75) is 24.9 Å². The lowest BCUT2D eigenvalue weighted by Gasteiger charge is -2.25. The predicted octanol–water partition coefficient (Wildman–Crippen LogP) is 1.55. The van der Waals surface area contributed by atoms with Gasteiger partial charge in [0.15, 0.2) is 0 Å². The van der Waals surface area contributed by atoms with Crippen molar-refractivity contribution in [1.29, 1.82) is 0 Å². The van der Waals surface area contributed by atoms with E-state index in [0.29, 0.717) is 43.1 Å². The van der Waals surface area contributed by atoms with E-state index >= 15 is 0 Å². The number of alkyl carbamates (subject to hydrolysis) is 1. The van der Waals surface area contributed by atoms with Crippen LogP contribution < -0.4 is 20.7 Å². The van der Waals surface area contributed by atoms with E-state index in [-0.39, 0.29) is 11.9 Å². The van der Waals surface area contributed by atoms with Gasteiger partial charge in [-0.15, -0.1) is 0 Å². The second-order valence-corrected chi connectivity index (χ2v) is 6.69. The number of carbonyl (C=O) groups excluding carboxylic acids is 3. The highest BCUT2D eigenvalue weighted by Gasteiger charge is 2.41. The molecule has 2 aliphatic rings. The van der Waals surface area contributed by atoms with Gasteiger partial charge in [-0.3, -0.25) is 4.79 Å². The number of hydrogen-bond acceptors (Lipinski definition) is 5. The zero-order valence-corrected chi connectivity index (χ0v) is 15.5. The van der Waals surface area contributed by atoms with E-state index in [1.165, 1.54) is 14.2 Å². The molecule has 0 aliphatic carbocycles. The van der Waals surface area contributed by atoms with Crippen LogP contribution in [0, 0.1) is 0 Å². The number of hydrogen-bond donors (Lipinski definition) is 3. The molecular formula is C18H24N4O5. The molecule has 1 atom stereocenters. The fourth-order valence-corrected chi connectivity index (χ4v) is 3.45. The molecule has 2 saturated heterocycles. The Bertz CT molecular complexity index is 753. The van der Waals surface area contributed by atoms with Gasteiger partial charge in [0.1, 0.15) is 11.4 Å². The number of urea groups is 1. The summed E-state index contributed by atoms with van der Waals surface area (Å²) in [6, 6.07) is 4.65. The summed E-state index contributed by atoms with van der Waals surface area (Å²) in [5.41, 5.74) is 0.336. The number of nitrogens with zero attached hydrogens (tertiary/aromatic N) is 1. The smallest absolute Gasteiger partial charge is 0.407 e. The first-order valence-electron chi connectivity index (χ1n) is 8.89. The molecule has 1 aromatic carbocycles. The van der Waals surface area contributed by atoms with Crippen molar-refractivity contribution in [3.05, 3.63) is 23.8 Å². The normalized spacial score (nSPS) is 21.9. The van der Waals surface area contributed by atoms with Crippen LogP contribution in [-0.4, -0.2) is 62.3 Å². The molecule has 3 rings (SSSR count). The van der Waals surface area contributed by atoms with E-state index in [0.717, 1.165) is 12.8 Å². The molecule has 4 amide bonds. The molecule has 1 unspecified atom stereocenters. The number of benzene rings is 1. The summed E-state index contributed by atoms with van der Waals surface area (Å²) in [7, 11) is 3.02. The molecule has 0 aromatic heterocycles. The van der Waals surface area contributed by atoms with E-state index in [2.05, 4.69) is 16.0 Å². The Labute approximate surface area is 157 Å². The van der Waals surface area contributed by atoms with E-state index in [4.69, 9.17) is 9.47 Å². The van der Waals surface area contributed by atoms with Gasteiger partial charge in [-0.25, -0.2) is 9.59 Å². The Kier molecular flexibility index (Phi) is 5.38. The second kappa shape index (κ2) is 7.73. The molecule has 2 heterocycles. The molecule has 1 spiro atoms. The number of carbonyl (C=O) groups is 3. The molecule has 27 heavy (non-hydrogen) atoms. The minimum atomic E-state index is -0.515. The minimum Gasteiger partial charge on any atom is -0.496 e. The second-order valence-electron chi connectivity index (χ2n) is 6.69. The highest BCUT2D eigenvalue weighted by Crippen LogP contribution is 2.29. The summed E-state index contributed by atoms with van der Waals surface area (Å²) in [5.74, 6) is 0.134. The highest BCUT2D eigenvalue weighted by molar-refractivity contribution is 5.99. The molecule has 0 bridgehead atoms. The van der Waals surface area contributed by atoms with Crippen LogP contribution in [0.25, 0.3) is 0 Å². The average molecular weight is 376 g/mol. The Hall–Kier alpha value is -2.97. The molecule has 2 fully saturated rings. The maximum atomic E-state index is 12.7. The van der Waals surface area contributed by atoms with Crippen LogP contribution in [0.4, 0.5) is 15.3 Å². The van der Waals surface area contributed by atoms with Crippen molar-refractivity contribution in [2.75, 3.05) is 39.1 Å². The lowest BCUT2D eigenvalue weighted by atomic mass is 9.95. The van der Waals surface area contributed by atoms with Gasteiger partial charge >= 0.3 is 12.1 Å². The zero-order valence-electron chi connectivity index (χ0n) is 15.5. The summed E-state index contributed by atoms with van der Waals surface area (Å²) in [4.78, 5) is 37.7. The topological polar surface area (TPSA) is 109 Å². The highest BCUT2D eigenvalue weighted by atomic mass is 16.6. The quantitative estimate of drug-likeness (QED) is 0.742. The van der Waals surface area contributed by atoms with Crippen LogP contribution in [-0.2, 0) is 4.74 Å². The third-order valence-electron chi connectivity index (χ3n) is 4.97. The number of amides is 4. The predicted molar refractivity (Wildman–Crippen MR) is 98.0 cm³/mol. The van der Waals surface area contributed by atoms with Gasteiger partial charge < -0.3 is 30.3 Å². The first kappa shape index (κ1) is 18.8. The maximum absolute atomic E-state index is 12.7. The summed E-state index contributed by atoms with van der Waals surface area (Å²) >= 11 is 0. The number of likely N-dealkylation sites (tertiary alicyclic amines) is 1. The first-order valence-corrected chi connectivity index (χ1v) is 8.89. The van der Waals surface area contributed by atoms with Gasteiger partial charge in [0.05, 0.1) is 19.2 Å². The van der Waals surface area contributed by atoms with Gasteiger partial charge in [-0.05, 0) is 31.0 Å². The summed E-state index contributed by atoms with van der Waals surface area (Å²) in [6.07, 6.45) is 1.66. The third kappa shape index (κ3) is 4.07. The number of rotatable bonds is 3. The van der Waals surface area contributed by atoms with Crippen molar-refractivity contribution >= 4 is 23.7 Å². The largest absolute Gasteiger partial charge is 0.496 e. The summed E-state index contributed by atoms with van der Waals surface area (Å²) in [5, 5.41) is 8.07. The van der Waals surface area contributed by atoms with Crippen molar-refractivity contribution in [3.8, 4) is 5.75 Å². The van der Waals surface area contributed by atoms with Crippen molar-refractivity contribution in [1.82, 2.24) is 15.5 Å². The van der Waals surface area contributed by atoms with Crippen LogP contribution in [0.5, 0.6) is 5.75 Å². The van der Waals surface area contributed by atoms with Gasteiger partial charge in [0.25, 0.3) is 5.91 Å². The Morgan fingerprint density at radius 1 is 1.30 bits per heavy atom. The van der Waals surface area contributed by atoms with Gasteiger partial charge in [0.2, 0.25) is 0 Å². The van der Waals surface area contributed by atoms with Crippen molar-refractivity contribution in [2.24, 2.45) is 0 Å². The SMILES string of the molecule is CNC(=O)c1cc(NC(=O)N2CCCC3(CC2)CNC(=O)O3)ccc1OC. The Morgan fingerprint density at radius 3 is 2.78 bits per heavy atom. The maximum Gasteiger partial charge on any atom is 0.407 e. The minimum absolute atomic E-state index is 0.252. The average Bonchev–Trinajstić information content (AvgIpc) is 2.91. The monoisotopic (exact) mass is 376 g/mol. The number of nitrogens with one attached hydrogen (secondary N) is 3. The molecule has 0 radical (unpaired) electrons. The van der Waals surface area contributed by atoms with Crippen molar-refractivity contribution in [3.63, 3.8) is 0 Å². The molecule has 2 aliphatic heterocycles. The zero-order chi connectivity index (χ0) is 19.4. The molecular weight excluding hydrogens is 352 g/mol. The van der Waals surface area contributed by atoms with Crippen LogP contribution >= 0.6 is 0 Å². The van der Waals surface area contributed by atoms with Crippen LogP contribution in [0.2, 0.25) is 0 Å². The van der Waals surface area contributed by atoms with Gasteiger partial charge in [-0.1, -0.05) is 0 Å². The number of anilines is 1. The molecule has 1 aromatic rings. The van der Waals surface area contributed by atoms with Gasteiger partial charge in [0, 0.05) is 32.2 Å². The van der Waals surface area contributed by atoms with Crippen LogP contribution in [0.3, 0.4) is 0 Å². The van der Waals surface area contributed by atoms with Crippen LogP contribution in [0.15, 0.2) is 18.2 Å². The third-order valence-corrected chi connectivity index (χ3v) is 4.97. The summed E-state index contributed by atoms with van der Waals surface area (Å²) in [6.45, 7) is 1.54. The Balaban J connectivity index is 1.67. The van der Waals surface area contributed by atoms with Gasteiger partial charge in [-0.2, -0.15) is 0 Å². The molecule has 9 heteroatoms. The molecule has 0 saturated carbocycles. The van der Waals surface area contributed by atoms with E-state index in [1.54, 1.807) is 23.1 Å². The van der Waals surface area contributed by atoms with E-state index in [1.807, 2.05) is 0 Å². The molecule has 3 N–H and O–H groups in total. The number of ether oxygens (including phenoxy) is 2. The first-order chi connectivity index (χ1) is 13.0. The van der Waals surface area contributed by atoms with E-state index in [9.17, 15) is 14.4 Å². The van der Waals surface area contributed by atoms with E-state index < -0.39 is 11.7 Å². The number of methoxy groups -OCH3 is 1. The molecule has 9 nitrogen and oxygen atoms in total. The molecule has 146 valence electrons. The fraction of sp³-hybridized carbons (Fsp3) is 0.500. The van der Waals surface area contributed by atoms with Crippen LogP contribution in [0.1, 0.15) is 29.6 Å². The lowest BCUT2D eigenvalue weighted by molar-refractivity contribution is 0.0454. The fourth-order valence-electron chi connectivity index (χ4n) is 3.45. The standard InChI is InChI=1S/C18H24N4O5/c1-19-15(23)13-10-12(4-5-14(13)26-2)21-16(24)22-8-3-6-18(7-9-22)11-20-17(25)27-18/h4-5,10H,3,6-9,11H2,1-2H3,(H,19,23)(H,20,25)(H,21,24). The summed E-state index contributed by atoms with van der Waals surface area (Å²) < 4.78 is 10.6.